The molecule has 0 radical (unpaired) electrons. The van der Waals surface area contributed by atoms with E-state index >= 15 is 4.39 Å². The Labute approximate surface area is 254 Å². The number of aryl methyl sites for hydroxylation is 2. The molecular formula is C34H37F6N3O. The van der Waals surface area contributed by atoms with E-state index in [-0.39, 0.29) is 36.0 Å². The second-order valence-electron chi connectivity index (χ2n) is 11.1. The summed E-state index contributed by atoms with van der Waals surface area (Å²) >= 11 is 0. The average molecular weight is 618 g/mol. The van der Waals surface area contributed by atoms with Gasteiger partial charge in [0.1, 0.15) is 5.82 Å². The fourth-order valence-electron chi connectivity index (χ4n) is 5.60. The number of halogens is 6. The lowest BCUT2D eigenvalue weighted by Gasteiger charge is -2.37. The first-order valence-electron chi connectivity index (χ1n) is 14.8. The summed E-state index contributed by atoms with van der Waals surface area (Å²) in [6, 6.07) is 14.1. The predicted octanol–water partition coefficient (Wildman–Crippen LogP) is 9.72. The zero-order valence-corrected chi connectivity index (χ0v) is 24.9. The van der Waals surface area contributed by atoms with Gasteiger partial charge < -0.3 is 10.2 Å². The van der Waals surface area contributed by atoms with Crippen molar-refractivity contribution in [3.63, 3.8) is 0 Å². The number of alkyl halides is 5. The molecule has 0 aliphatic carbocycles. The number of nitrogens with zero attached hydrogens (tertiary/aromatic N) is 2. The van der Waals surface area contributed by atoms with Crippen molar-refractivity contribution in [3.8, 4) is 0 Å². The van der Waals surface area contributed by atoms with Crippen LogP contribution in [-0.2, 0) is 12.6 Å². The van der Waals surface area contributed by atoms with Crippen LogP contribution in [0, 0.1) is 18.7 Å². The molecule has 0 unspecified atom stereocenters. The molecule has 4 nitrogen and oxygen atoms in total. The maximum atomic E-state index is 15.4. The predicted molar refractivity (Wildman–Crippen MR) is 162 cm³/mol. The number of likely N-dealkylation sites (tertiary alicyclic amines) is 1. The number of benzene rings is 3. The number of piperidine rings is 1. The minimum Gasteiger partial charge on any atom is -0.355 e. The molecule has 1 amide bonds. The van der Waals surface area contributed by atoms with E-state index in [9.17, 15) is 26.7 Å². The van der Waals surface area contributed by atoms with E-state index in [1.807, 2.05) is 6.92 Å². The summed E-state index contributed by atoms with van der Waals surface area (Å²) in [7, 11) is 0. The first kappa shape index (κ1) is 33.0. The topological polar surface area (TPSA) is 35.6 Å². The van der Waals surface area contributed by atoms with Crippen LogP contribution < -0.4 is 10.2 Å². The Balaban J connectivity index is 1.51. The summed E-state index contributed by atoms with van der Waals surface area (Å²) in [6.45, 7) is 5.46. The third kappa shape index (κ3) is 7.76. The molecule has 1 aliphatic heterocycles. The second-order valence-corrected chi connectivity index (χ2v) is 11.1. The number of allylic oxidation sites excluding steroid dienone is 1. The highest BCUT2D eigenvalue weighted by molar-refractivity contribution is 5.95. The first-order valence-corrected chi connectivity index (χ1v) is 14.8. The molecule has 1 saturated heterocycles. The van der Waals surface area contributed by atoms with E-state index in [2.05, 4.69) is 11.9 Å². The molecule has 3 aromatic rings. The Kier molecular flexibility index (Phi) is 10.7. The third-order valence-electron chi connectivity index (χ3n) is 8.07. The number of unbranched alkanes of at least 4 members (excludes halogenated alkanes) is 2. The van der Waals surface area contributed by atoms with Crippen molar-refractivity contribution in [2.45, 2.75) is 65.1 Å². The SMILES string of the molecule is C=C(C1CCN(C(=O)c2cc(CCCCC)c(Nc3cccc(C(F)(F)F)c3)cc2F)CC1)N(c1ccccc1C)C(F)F. The van der Waals surface area contributed by atoms with Crippen molar-refractivity contribution < 1.29 is 31.1 Å². The van der Waals surface area contributed by atoms with Crippen LogP contribution in [0.15, 0.2) is 72.9 Å². The molecule has 1 aliphatic rings. The summed E-state index contributed by atoms with van der Waals surface area (Å²) in [5.41, 5.74) is 1.46. The Morgan fingerprint density at radius 3 is 2.39 bits per heavy atom. The number of carbonyl (C=O) groups excluding carboxylic acids is 1. The van der Waals surface area contributed by atoms with Gasteiger partial charge in [0.05, 0.1) is 11.1 Å². The molecule has 0 bridgehead atoms. The number of rotatable bonds is 11. The molecule has 0 atom stereocenters. The normalized spacial score (nSPS) is 14.2. The zero-order chi connectivity index (χ0) is 32.0. The van der Waals surface area contributed by atoms with Crippen LogP contribution in [-0.4, -0.2) is 30.4 Å². The second kappa shape index (κ2) is 14.2. The van der Waals surface area contributed by atoms with Crippen LogP contribution in [0.4, 0.5) is 43.4 Å². The van der Waals surface area contributed by atoms with Gasteiger partial charge >= 0.3 is 12.7 Å². The molecule has 1 heterocycles. The largest absolute Gasteiger partial charge is 0.416 e. The molecule has 10 heteroatoms. The summed E-state index contributed by atoms with van der Waals surface area (Å²) < 4.78 is 83.4. The van der Waals surface area contributed by atoms with Gasteiger partial charge in [0.2, 0.25) is 0 Å². The molecular weight excluding hydrogens is 580 g/mol. The minimum absolute atomic E-state index is 0.127. The Hall–Kier alpha value is -3.95. The highest BCUT2D eigenvalue weighted by atomic mass is 19.4. The average Bonchev–Trinajstić information content (AvgIpc) is 2.98. The van der Waals surface area contributed by atoms with Crippen LogP contribution in [0.2, 0.25) is 0 Å². The van der Waals surface area contributed by atoms with Crippen LogP contribution in [0.3, 0.4) is 0 Å². The van der Waals surface area contributed by atoms with E-state index in [1.54, 1.807) is 31.2 Å². The fraction of sp³-hybridized carbons (Fsp3) is 0.382. The van der Waals surface area contributed by atoms with Crippen molar-refractivity contribution in [2.75, 3.05) is 23.3 Å². The lowest BCUT2D eigenvalue weighted by molar-refractivity contribution is -0.137. The number of para-hydroxylation sites is 1. The van der Waals surface area contributed by atoms with Crippen molar-refractivity contribution in [1.82, 2.24) is 4.90 Å². The number of amides is 1. The van der Waals surface area contributed by atoms with Gasteiger partial charge in [-0.15, -0.1) is 0 Å². The first-order chi connectivity index (χ1) is 20.9. The molecule has 1 fully saturated rings. The number of carbonyl (C=O) groups is 1. The van der Waals surface area contributed by atoms with Crippen LogP contribution in [0.25, 0.3) is 0 Å². The highest BCUT2D eigenvalue weighted by Crippen LogP contribution is 2.36. The standard InChI is InChI=1S/C34H37F6N3O/c1-4-5-6-11-25-19-28(29(35)21-30(25)41-27-13-9-12-26(20-27)34(38,39)40)32(44)42-17-15-24(16-18-42)23(3)43(33(36)37)31-14-8-7-10-22(31)2/h7-10,12-14,19-21,24,33,41H,3-6,11,15-18H2,1-2H3. The molecule has 236 valence electrons. The van der Waals surface area contributed by atoms with E-state index in [0.29, 0.717) is 41.8 Å². The Morgan fingerprint density at radius 2 is 1.75 bits per heavy atom. The molecule has 0 saturated carbocycles. The number of anilines is 3. The molecule has 1 N–H and O–H groups in total. The van der Waals surface area contributed by atoms with Crippen molar-refractivity contribution in [1.29, 1.82) is 0 Å². The minimum atomic E-state index is -4.53. The van der Waals surface area contributed by atoms with Gasteiger partial charge in [-0.2, -0.15) is 22.0 Å². The fourth-order valence-corrected chi connectivity index (χ4v) is 5.60. The summed E-state index contributed by atoms with van der Waals surface area (Å²) in [5.74, 6) is -1.60. The Bertz CT molecular complexity index is 1460. The molecule has 0 aromatic heterocycles. The lowest BCUT2D eigenvalue weighted by atomic mass is 9.92. The molecule has 44 heavy (non-hydrogen) atoms. The maximum absolute atomic E-state index is 15.4. The number of hydrogen-bond donors (Lipinski definition) is 1. The van der Waals surface area contributed by atoms with Gasteiger partial charge in [-0.05, 0) is 80.1 Å². The maximum Gasteiger partial charge on any atom is 0.416 e. The number of hydrogen-bond acceptors (Lipinski definition) is 3. The van der Waals surface area contributed by atoms with E-state index in [0.717, 1.165) is 42.4 Å². The van der Waals surface area contributed by atoms with Gasteiger partial charge in [-0.3, -0.25) is 9.69 Å². The van der Waals surface area contributed by atoms with Gasteiger partial charge in [0, 0.05) is 41.8 Å². The molecule has 3 aromatic carbocycles. The monoisotopic (exact) mass is 617 g/mol. The summed E-state index contributed by atoms with van der Waals surface area (Å²) in [5, 5.41) is 2.91. The van der Waals surface area contributed by atoms with E-state index in [4.69, 9.17) is 0 Å². The van der Waals surface area contributed by atoms with Gasteiger partial charge in [-0.25, -0.2) is 4.39 Å². The smallest absolute Gasteiger partial charge is 0.355 e. The molecule has 0 spiro atoms. The van der Waals surface area contributed by atoms with Gasteiger partial charge in [-0.1, -0.05) is 50.6 Å². The molecule has 4 rings (SSSR count). The summed E-state index contributed by atoms with van der Waals surface area (Å²) in [6.07, 6.45) is -0.682. The Morgan fingerprint density at radius 1 is 1.05 bits per heavy atom. The van der Waals surface area contributed by atoms with Crippen LogP contribution in [0.1, 0.15) is 66.1 Å². The van der Waals surface area contributed by atoms with E-state index < -0.39 is 30.0 Å². The third-order valence-corrected chi connectivity index (χ3v) is 8.07. The number of nitrogens with one attached hydrogen (secondary N) is 1. The zero-order valence-electron chi connectivity index (χ0n) is 24.9. The lowest BCUT2D eigenvalue weighted by Crippen LogP contribution is -2.42. The van der Waals surface area contributed by atoms with Crippen molar-refractivity contribution in [2.24, 2.45) is 5.92 Å². The highest BCUT2D eigenvalue weighted by Gasteiger charge is 2.33. The van der Waals surface area contributed by atoms with Gasteiger partial charge in [0.15, 0.2) is 0 Å². The van der Waals surface area contributed by atoms with E-state index in [1.165, 1.54) is 23.1 Å². The van der Waals surface area contributed by atoms with Crippen LogP contribution >= 0.6 is 0 Å². The van der Waals surface area contributed by atoms with Gasteiger partial charge in [0.25, 0.3) is 5.91 Å². The summed E-state index contributed by atoms with van der Waals surface area (Å²) in [4.78, 5) is 16.0. The van der Waals surface area contributed by atoms with Crippen LogP contribution in [0.5, 0.6) is 0 Å². The quantitative estimate of drug-likeness (QED) is 0.132. The van der Waals surface area contributed by atoms with Crippen molar-refractivity contribution in [3.05, 3.63) is 101 Å². The van der Waals surface area contributed by atoms with Crippen molar-refractivity contribution >= 4 is 23.0 Å².